The van der Waals surface area contributed by atoms with Crippen LogP contribution in [0.2, 0.25) is 0 Å². The Balaban J connectivity index is 1.46. The largest absolute Gasteiger partial charge is 0.351 e. The van der Waals surface area contributed by atoms with Crippen LogP contribution in [0.25, 0.3) is 0 Å². The molecule has 0 aromatic rings. The molecule has 1 amide bonds. The molecule has 0 aromatic carbocycles. The van der Waals surface area contributed by atoms with Crippen LogP contribution in [0.3, 0.4) is 0 Å². The van der Waals surface area contributed by atoms with Crippen LogP contribution in [0.4, 0.5) is 4.39 Å². The van der Waals surface area contributed by atoms with Crippen LogP contribution in [0.1, 0.15) is 13.3 Å². The maximum absolute atomic E-state index is 13.5. The summed E-state index contributed by atoms with van der Waals surface area (Å²) in [6, 6.07) is 0.469. The highest BCUT2D eigenvalue weighted by atomic mass is 19.1. The third kappa shape index (κ3) is 3.77. The lowest BCUT2D eigenvalue weighted by Crippen LogP contribution is -2.63. The number of hydrazine groups is 1. The van der Waals surface area contributed by atoms with Crippen molar-refractivity contribution in [1.82, 2.24) is 36.6 Å². The zero-order chi connectivity index (χ0) is 19.8. The second-order valence-electron chi connectivity index (χ2n) is 8.60. The Bertz CT molecular complexity index is 608. The van der Waals surface area contributed by atoms with E-state index >= 15 is 0 Å². The summed E-state index contributed by atoms with van der Waals surface area (Å²) >= 11 is 0. The van der Waals surface area contributed by atoms with Crippen LogP contribution in [0, 0.1) is 17.8 Å². The molecular formula is C18H33FN8O. The van der Waals surface area contributed by atoms with Gasteiger partial charge in [-0.15, -0.1) is 0 Å². The van der Waals surface area contributed by atoms with Crippen molar-refractivity contribution in [3.8, 4) is 0 Å². The van der Waals surface area contributed by atoms with Gasteiger partial charge >= 0.3 is 0 Å². The summed E-state index contributed by atoms with van der Waals surface area (Å²) in [6.07, 6.45) is 1.51. The number of nitrogens with two attached hydrogens (primary N) is 1. The number of rotatable bonds is 3. The molecule has 7 N–H and O–H groups in total. The number of amides is 1. The molecule has 0 aromatic heterocycles. The van der Waals surface area contributed by atoms with Gasteiger partial charge in [0.2, 0.25) is 5.91 Å². The fourth-order valence-electron chi connectivity index (χ4n) is 5.35. The van der Waals surface area contributed by atoms with Crippen molar-refractivity contribution in [3.63, 3.8) is 0 Å². The fourth-order valence-corrected chi connectivity index (χ4v) is 5.35. The summed E-state index contributed by atoms with van der Waals surface area (Å²) in [6.45, 7) is 5.98. The lowest BCUT2D eigenvalue weighted by Gasteiger charge is -2.47. The molecule has 7 atom stereocenters. The van der Waals surface area contributed by atoms with Crippen molar-refractivity contribution in [2.45, 2.75) is 37.8 Å². The zero-order valence-electron chi connectivity index (χ0n) is 16.6. The molecule has 3 saturated heterocycles. The molecule has 4 heterocycles. The van der Waals surface area contributed by atoms with Crippen LogP contribution in [-0.4, -0.2) is 80.1 Å². The van der Waals surface area contributed by atoms with E-state index in [9.17, 15) is 9.18 Å². The number of hydrogen-bond acceptors (Lipinski definition) is 8. The molecule has 0 saturated carbocycles. The molecule has 0 aliphatic carbocycles. The molecule has 9 nitrogen and oxygen atoms in total. The molecule has 4 aliphatic rings. The van der Waals surface area contributed by atoms with Crippen molar-refractivity contribution in [1.29, 1.82) is 0 Å². The van der Waals surface area contributed by atoms with Crippen molar-refractivity contribution < 1.29 is 9.18 Å². The van der Waals surface area contributed by atoms with Gasteiger partial charge in [0.05, 0.1) is 18.9 Å². The van der Waals surface area contributed by atoms with Crippen LogP contribution in [0.15, 0.2) is 12.0 Å². The smallest absolute Gasteiger partial charge is 0.229 e. The molecule has 158 valence electrons. The summed E-state index contributed by atoms with van der Waals surface area (Å²) in [7, 11) is 2.15. The van der Waals surface area contributed by atoms with Crippen molar-refractivity contribution in [3.05, 3.63) is 12.0 Å². The Labute approximate surface area is 165 Å². The number of hydrogen-bond donors (Lipinski definition) is 6. The lowest BCUT2D eigenvalue weighted by molar-refractivity contribution is -0.128. The molecule has 7 unspecified atom stereocenters. The van der Waals surface area contributed by atoms with Gasteiger partial charge in [-0.3, -0.25) is 20.0 Å². The van der Waals surface area contributed by atoms with Gasteiger partial charge in [-0.2, -0.15) is 0 Å². The number of piperidine rings is 1. The normalized spacial score (nSPS) is 42.1. The monoisotopic (exact) mass is 396 g/mol. The molecule has 0 radical (unpaired) electrons. The first-order valence-electron chi connectivity index (χ1n) is 10.3. The maximum Gasteiger partial charge on any atom is 0.229 e. The Morgan fingerprint density at radius 1 is 1.36 bits per heavy atom. The Morgan fingerprint density at radius 3 is 2.96 bits per heavy atom. The van der Waals surface area contributed by atoms with Gasteiger partial charge in [-0.1, -0.05) is 6.92 Å². The van der Waals surface area contributed by atoms with Gasteiger partial charge in [-0.25, -0.2) is 9.82 Å². The molecule has 4 rings (SSSR count). The number of nitrogens with one attached hydrogen (secondary N) is 5. The third-order valence-electron chi connectivity index (χ3n) is 6.61. The quantitative estimate of drug-likeness (QED) is 0.326. The highest BCUT2D eigenvalue weighted by Gasteiger charge is 2.46. The summed E-state index contributed by atoms with van der Waals surface area (Å²) in [4.78, 5) is 15.6. The van der Waals surface area contributed by atoms with Crippen molar-refractivity contribution in [2.75, 3.05) is 39.9 Å². The van der Waals surface area contributed by atoms with Crippen molar-refractivity contribution >= 4 is 5.91 Å². The highest BCUT2D eigenvalue weighted by molar-refractivity contribution is 5.81. The molecule has 4 aliphatic heterocycles. The molecular weight excluding hydrogens is 363 g/mol. The lowest BCUT2D eigenvalue weighted by atomic mass is 9.78. The fraction of sp³-hybridized carbons (Fsp3) is 0.833. The average molecular weight is 397 g/mol. The second-order valence-corrected chi connectivity index (χ2v) is 8.60. The van der Waals surface area contributed by atoms with Gasteiger partial charge < -0.3 is 21.7 Å². The maximum atomic E-state index is 13.5. The first kappa shape index (κ1) is 20.0. The van der Waals surface area contributed by atoms with E-state index in [1.54, 1.807) is 5.01 Å². The number of halogens is 1. The SMILES string of the molecule is CC1CNCN(C)C1C1CCNCC1NC(=O)C1C(N)NN2C=C(F)CNC12. The summed E-state index contributed by atoms with van der Waals surface area (Å²) in [5, 5.41) is 14.8. The zero-order valence-corrected chi connectivity index (χ0v) is 16.6. The van der Waals surface area contributed by atoms with Gasteiger partial charge in [-0.05, 0) is 31.8 Å². The molecule has 3 fully saturated rings. The van der Waals surface area contributed by atoms with Gasteiger partial charge in [0, 0.05) is 31.8 Å². The van der Waals surface area contributed by atoms with E-state index in [0.717, 1.165) is 32.7 Å². The van der Waals surface area contributed by atoms with Crippen LogP contribution in [0.5, 0.6) is 0 Å². The minimum absolute atomic E-state index is 0.0476. The Morgan fingerprint density at radius 2 is 2.18 bits per heavy atom. The predicted octanol–water partition coefficient (Wildman–Crippen LogP) is -1.96. The molecule has 0 bridgehead atoms. The topological polar surface area (TPSA) is 110 Å². The van der Waals surface area contributed by atoms with E-state index in [0.29, 0.717) is 17.9 Å². The standard InChI is InChI=1S/C18H33FN8O/c1-10-5-22-9-26(2)15(10)12-3-4-21-7-13(12)24-18(28)14-16(20)25-27-8-11(19)6-23-17(14)27/h8,10,12-17,21-23,25H,3-7,9,20H2,1-2H3,(H,24,28). The van der Waals surface area contributed by atoms with Gasteiger partial charge in [0.25, 0.3) is 0 Å². The Hall–Kier alpha value is -1.30. The first-order valence-corrected chi connectivity index (χ1v) is 10.3. The highest BCUT2D eigenvalue weighted by Crippen LogP contribution is 2.29. The summed E-state index contributed by atoms with van der Waals surface area (Å²) in [5.41, 5.74) is 9.16. The van der Waals surface area contributed by atoms with E-state index in [1.807, 2.05) is 0 Å². The predicted molar refractivity (Wildman–Crippen MR) is 104 cm³/mol. The second kappa shape index (κ2) is 8.21. The van der Waals surface area contributed by atoms with Crippen molar-refractivity contribution in [2.24, 2.45) is 23.5 Å². The Kier molecular flexibility index (Phi) is 5.86. The van der Waals surface area contributed by atoms with E-state index in [1.165, 1.54) is 6.20 Å². The number of carbonyl (C=O) groups excluding carboxylic acids is 1. The van der Waals surface area contributed by atoms with E-state index in [-0.39, 0.29) is 30.5 Å². The van der Waals surface area contributed by atoms with Crippen LogP contribution < -0.4 is 32.4 Å². The van der Waals surface area contributed by atoms with Gasteiger partial charge in [0.1, 0.15) is 17.9 Å². The average Bonchev–Trinajstić information content (AvgIpc) is 2.97. The van der Waals surface area contributed by atoms with Crippen LogP contribution >= 0.6 is 0 Å². The number of nitrogens with zero attached hydrogens (tertiary/aromatic N) is 2. The first-order chi connectivity index (χ1) is 13.5. The van der Waals surface area contributed by atoms with Crippen LogP contribution in [-0.2, 0) is 4.79 Å². The summed E-state index contributed by atoms with van der Waals surface area (Å²) < 4.78 is 13.5. The third-order valence-corrected chi connectivity index (χ3v) is 6.61. The molecule has 28 heavy (non-hydrogen) atoms. The minimum Gasteiger partial charge on any atom is -0.351 e. The number of fused-ring (bicyclic) bond motifs is 1. The van der Waals surface area contributed by atoms with E-state index in [2.05, 4.69) is 45.6 Å². The minimum atomic E-state index is -0.560. The van der Waals surface area contributed by atoms with E-state index in [4.69, 9.17) is 5.73 Å². The number of carbonyl (C=O) groups is 1. The van der Waals surface area contributed by atoms with Gasteiger partial charge in [0.15, 0.2) is 0 Å². The van der Waals surface area contributed by atoms with E-state index < -0.39 is 12.1 Å². The molecule has 10 heteroatoms. The summed E-state index contributed by atoms with van der Waals surface area (Å²) in [5.74, 6) is 0.0381. The molecule has 0 spiro atoms.